The molecule has 5 heteroatoms. The number of carbonyl (C=O) groups is 1. The van der Waals surface area contributed by atoms with Gasteiger partial charge in [0.05, 0.1) is 0 Å². The van der Waals surface area contributed by atoms with E-state index < -0.39 is 0 Å². The second-order valence-corrected chi connectivity index (χ2v) is 4.71. The Balaban J connectivity index is 2.17. The van der Waals surface area contributed by atoms with Gasteiger partial charge in [0.25, 0.3) is 0 Å². The molecule has 0 unspecified atom stereocenters. The summed E-state index contributed by atoms with van der Waals surface area (Å²) in [6.07, 6.45) is 0. The normalized spacial score (nSPS) is 10.5. The van der Waals surface area contributed by atoms with Crippen molar-refractivity contribution in [3.05, 3.63) is 46.1 Å². The number of hydrogen-bond donors (Lipinski definition) is 1. The number of halogens is 1. The largest absolute Gasteiger partial charge is 0.382 e. The monoisotopic (exact) mass is 293 g/mol. The molecule has 0 saturated heterocycles. The Hall–Kier alpha value is -1.62. The lowest BCUT2D eigenvalue weighted by Gasteiger charge is -2.03. The van der Waals surface area contributed by atoms with Gasteiger partial charge in [-0.2, -0.15) is 5.10 Å². The van der Waals surface area contributed by atoms with Crippen LogP contribution in [-0.4, -0.2) is 15.6 Å². The minimum atomic E-state index is 0.0173. The van der Waals surface area contributed by atoms with E-state index in [0.717, 1.165) is 10.2 Å². The molecule has 1 heterocycles. The fourth-order valence-corrected chi connectivity index (χ4v) is 1.82. The van der Waals surface area contributed by atoms with E-state index in [4.69, 9.17) is 5.73 Å². The molecule has 0 atom stereocenters. The van der Waals surface area contributed by atoms with Crippen LogP contribution >= 0.6 is 15.9 Å². The first-order chi connectivity index (χ1) is 8.06. The summed E-state index contributed by atoms with van der Waals surface area (Å²) >= 11 is 3.33. The quantitative estimate of drug-likeness (QED) is 0.884. The van der Waals surface area contributed by atoms with Gasteiger partial charge in [-0.05, 0) is 19.1 Å². The Morgan fingerprint density at radius 3 is 2.59 bits per heavy atom. The summed E-state index contributed by atoms with van der Waals surface area (Å²) in [6, 6.07) is 9.01. The van der Waals surface area contributed by atoms with Crippen molar-refractivity contribution in [2.45, 2.75) is 13.5 Å². The van der Waals surface area contributed by atoms with E-state index in [9.17, 15) is 4.79 Å². The summed E-state index contributed by atoms with van der Waals surface area (Å²) in [5.41, 5.74) is 7.11. The maximum Gasteiger partial charge on any atom is 0.184 e. The molecule has 0 fully saturated rings. The van der Waals surface area contributed by atoms with Gasteiger partial charge in [0.1, 0.15) is 12.4 Å². The zero-order valence-corrected chi connectivity index (χ0v) is 10.9. The number of hydrogen-bond acceptors (Lipinski definition) is 3. The number of benzene rings is 1. The van der Waals surface area contributed by atoms with Crippen molar-refractivity contribution in [3.63, 3.8) is 0 Å². The van der Waals surface area contributed by atoms with Crippen molar-refractivity contribution in [2.24, 2.45) is 0 Å². The SMILES string of the molecule is Cc1cc(N)nn1CC(=O)c1ccc(Br)cc1. The molecule has 0 aliphatic rings. The number of anilines is 1. The van der Waals surface area contributed by atoms with E-state index in [2.05, 4.69) is 21.0 Å². The van der Waals surface area contributed by atoms with Gasteiger partial charge in [-0.1, -0.05) is 28.1 Å². The van der Waals surface area contributed by atoms with Gasteiger partial charge in [0.15, 0.2) is 5.78 Å². The zero-order chi connectivity index (χ0) is 12.4. The maximum atomic E-state index is 12.0. The van der Waals surface area contributed by atoms with Crippen molar-refractivity contribution < 1.29 is 4.79 Å². The molecule has 88 valence electrons. The Bertz CT molecular complexity index is 545. The molecule has 0 amide bonds. The van der Waals surface area contributed by atoms with E-state index in [0.29, 0.717) is 11.4 Å². The molecule has 0 spiro atoms. The number of rotatable bonds is 3. The van der Waals surface area contributed by atoms with Crippen LogP contribution in [0.2, 0.25) is 0 Å². The summed E-state index contributed by atoms with van der Waals surface area (Å²) < 4.78 is 2.56. The van der Waals surface area contributed by atoms with E-state index in [1.165, 1.54) is 0 Å². The molecule has 2 N–H and O–H groups in total. The number of nitrogens with two attached hydrogens (primary N) is 1. The molecule has 0 radical (unpaired) electrons. The molecule has 0 bridgehead atoms. The molecule has 1 aromatic carbocycles. The molecular formula is C12H12BrN3O. The first kappa shape index (κ1) is 11.9. The summed E-state index contributed by atoms with van der Waals surface area (Å²) in [7, 11) is 0. The van der Waals surface area contributed by atoms with Gasteiger partial charge >= 0.3 is 0 Å². The number of ketones is 1. The average molecular weight is 294 g/mol. The molecule has 1 aromatic heterocycles. The van der Waals surface area contributed by atoms with Crippen molar-refractivity contribution in [1.82, 2.24) is 9.78 Å². The van der Waals surface area contributed by atoms with E-state index in [1.807, 2.05) is 19.1 Å². The lowest BCUT2D eigenvalue weighted by molar-refractivity contribution is 0.0967. The molecule has 0 aliphatic carbocycles. The number of carbonyl (C=O) groups excluding carboxylic acids is 1. The molecule has 2 aromatic rings. The summed E-state index contributed by atoms with van der Waals surface area (Å²) in [5, 5.41) is 4.06. The first-order valence-corrected chi connectivity index (χ1v) is 5.94. The lowest BCUT2D eigenvalue weighted by Crippen LogP contribution is -2.13. The number of aryl methyl sites for hydroxylation is 1. The van der Waals surface area contributed by atoms with Crippen LogP contribution < -0.4 is 5.73 Å². The average Bonchev–Trinajstić information content (AvgIpc) is 2.58. The highest BCUT2D eigenvalue weighted by molar-refractivity contribution is 9.10. The zero-order valence-electron chi connectivity index (χ0n) is 9.35. The van der Waals surface area contributed by atoms with Gasteiger partial charge < -0.3 is 5.73 Å². The van der Waals surface area contributed by atoms with E-state index in [1.54, 1.807) is 22.9 Å². The minimum absolute atomic E-state index is 0.0173. The smallest absolute Gasteiger partial charge is 0.184 e. The van der Waals surface area contributed by atoms with Crippen LogP contribution in [0.25, 0.3) is 0 Å². The first-order valence-electron chi connectivity index (χ1n) is 5.15. The third-order valence-corrected chi connectivity index (χ3v) is 2.99. The van der Waals surface area contributed by atoms with Crippen molar-refractivity contribution in [3.8, 4) is 0 Å². The van der Waals surface area contributed by atoms with Crippen LogP contribution in [0.15, 0.2) is 34.8 Å². The molecule has 17 heavy (non-hydrogen) atoms. The number of aromatic nitrogens is 2. The predicted molar refractivity (Wildman–Crippen MR) is 69.8 cm³/mol. The molecule has 0 saturated carbocycles. The molecular weight excluding hydrogens is 282 g/mol. The minimum Gasteiger partial charge on any atom is -0.382 e. The van der Waals surface area contributed by atoms with Gasteiger partial charge in [-0.15, -0.1) is 0 Å². The highest BCUT2D eigenvalue weighted by Crippen LogP contribution is 2.12. The van der Waals surface area contributed by atoms with Crippen LogP contribution in [0, 0.1) is 6.92 Å². The highest BCUT2D eigenvalue weighted by Gasteiger charge is 2.09. The predicted octanol–water partition coefficient (Wildman–Crippen LogP) is 2.42. The van der Waals surface area contributed by atoms with E-state index in [-0.39, 0.29) is 12.3 Å². The number of nitrogen functional groups attached to an aromatic ring is 1. The fraction of sp³-hybridized carbons (Fsp3) is 0.167. The van der Waals surface area contributed by atoms with Crippen LogP contribution in [0.5, 0.6) is 0 Å². The van der Waals surface area contributed by atoms with E-state index >= 15 is 0 Å². The van der Waals surface area contributed by atoms with Crippen LogP contribution in [-0.2, 0) is 6.54 Å². The van der Waals surface area contributed by atoms with Crippen LogP contribution in [0.1, 0.15) is 16.1 Å². The molecule has 2 rings (SSSR count). The number of nitrogens with zero attached hydrogens (tertiary/aromatic N) is 2. The van der Waals surface area contributed by atoms with Crippen molar-refractivity contribution >= 4 is 27.5 Å². The second-order valence-electron chi connectivity index (χ2n) is 3.80. The topological polar surface area (TPSA) is 60.9 Å². The summed E-state index contributed by atoms with van der Waals surface area (Å²) in [6.45, 7) is 2.09. The standard InChI is InChI=1S/C12H12BrN3O/c1-8-6-12(14)15-16(8)7-11(17)9-2-4-10(13)5-3-9/h2-6H,7H2,1H3,(H2,14,15). The Kier molecular flexibility index (Phi) is 3.28. The molecule has 4 nitrogen and oxygen atoms in total. The third kappa shape index (κ3) is 2.74. The van der Waals surface area contributed by atoms with Crippen molar-refractivity contribution in [1.29, 1.82) is 0 Å². The fourth-order valence-electron chi connectivity index (χ4n) is 1.56. The Morgan fingerprint density at radius 1 is 1.41 bits per heavy atom. The van der Waals surface area contributed by atoms with Crippen LogP contribution in [0.3, 0.4) is 0 Å². The highest BCUT2D eigenvalue weighted by atomic mass is 79.9. The van der Waals surface area contributed by atoms with Gasteiger partial charge in [-0.3, -0.25) is 9.48 Å². The Labute approximate surface area is 108 Å². The summed E-state index contributed by atoms with van der Waals surface area (Å²) in [4.78, 5) is 12.0. The van der Waals surface area contributed by atoms with Gasteiger partial charge in [0, 0.05) is 21.8 Å². The lowest BCUT2D eigenvalue weighted by atomic mass is 10.1. The van der Waals surface area contributed by atoms with Crippen LogP contribution in [0.4, 0.5) is 5.82 Å². The van der Waals surface area contributed by atoms with Gasteiger partial charge in [-0.25, -0.2) is 0 Å². The maximum absolute atomic E-state index is 12.0. The third-order valence-electron chi connectivity index (χ3n) is 2.46. The second kappa shape index (κ2) is 4.71. The van der Waals surface area contributed by atoms with Gasteiger partial charge in [0.2, 0.25) is 0 Å². The summed E-state index contributed by atoms with van der Waals surface area (Å²) in [5.74, 6) is 0.454. The number of Topliss-reactive ketones (excluding diaryl/α,β-unsaturated/α-hetero) is 1. The molecule has 0 aliphatic heterocycles. The Morgan fingerprint density at radius 2 is 2.06 bits per heavy atom. The van der Waals surface area contributed by atoms with Crippen molar-refractivity contribution in [2.75, 3.05) is 5.73 Å².